The Bertz CT molecular complexity index is 1110. The quantitative estimate of drug-likeness (QED) is 0.185. The molecule has 3 rings (SSSR count). The van der Waals surface area contributed by atoms with Gasteiger partial charge in [-0.05, 0) is 57.3 Å². The second kappa shape index (κ2) is 8.89. The molecule has 28 heavy (non-hydrogen) atoms. The molecule has 0 aliphatic rings. The second-order valence-electron chi connectivity index (χ2n) is 6.16. The summed E-state index contributed by atoms with van der Waals surface area (Å²) in [5, 5.41) is 0. The van der Waals surface area contributed by atoms with Crippen LogP contribution in [0.5, 0.6) is 0 Å². The maximum Gasteiger partial charge on any atom is 0.183 e. The zero-order chi connectivity index (χ0) is 20.3. The molecule has 0 atom stereocenters. The molecule has 0 spiro atoms. The molecule has 0 saturated heterocycles. The van der Waals surface area contributed by atoms with E-state index in [-0.39, 0.29) is 0 Å². The van der Waals surface area contributed by atoms with Gasteiger partial charge in [-0.3, -0.25) is 0 Å². The SMILES string of the molecule is C[n+]1ccc(C#Cc2cc(F)cc(C#Cc3cc[n+](C)cc3I)c2N)c(I)c1. The van der Waals surface area contributed by atoms with Crippen LogP contribution in [0.3, 0.4) is 0 Å². The van der Waals surface area contributed by atoms with E-state index in [1.54, 1.807) is 0 Å². The van der Waals surface area contributed by atoms with Crippen molar-refractivity contribution in [3.8, 4) is 23.7 Å². The summed E-state index contributed by atoms with van der Waals surface area (Å²) in [5.74, 6) is 11.7. The van der Waals surface area contributed by atoms with Gasteiger partial charge in [0.1, 0.15) is 19.9 Å². The highest BCUT2D eigenvalue weighted by Gasteiger charge is 2.07. The Morgan fingerprint density at radius 3 is 1.57 bits per heavy atom. The highest BCUT2D eigenvalue weighted by molar-refractivity contribution is 14.1. The van der Waals surface area contributed by atoms with Gasteiger partial charge in [0.25, 0.3) is 0 Å². The first-order valence-electron chi connectivity index (χ1n) is 8.26. The van der Waals surface area contributed by atoms with Gasteiger partial charge in [-0.1, -0.05) is 23.7 Å². The average Bonchev–Trinajstić information content (AvgIpc) is 2.63. The summed E-state index contributed by atoms with van der Waals surface area (Å²) in [5.41, 5.74) is 9.20. The van der Waals surface area contributed by atoms with Crippen LogP contribution in [0.4, 0.5) is 10.1 Å². The summed E-state index contributed by atoms with van der Waals surface area (Å²) in [6.07, 6.45) is 7.77. The first-order valence-corrected chi connectivity index (χ1v) is 10.4. The maximum atomic E-state index is 14.1. The van der Waals surface area contributed by atoms with Crippen molar-refractivity contribution in [3.63, 3.8) is 0 Å². The number of hydrogen-bond donors (Lipinski definition) is 1. The first-order chi connectivity index (χ1) is 13.3. The minimum Gasteiger partial charge on any atom is -0.397 e. The van der Waals surface area contributed by atoms with Gasteiger partial charge in [0, 0.05) is 12.1 Å². The fourth-order valence-corrected chi connectivity index (χ4v) is 3.93. The fraction of sp³-hybridized carbons (Fsp3) is 0.0909. The topological polar surface area (TPSA) is 33.8 Å². The third-order valence-corrected chi connectivity index (χ3v) is 5.63. The van der Waals surface area contributed by atoms with E-state index in [9.17, 15) is 4.39 Å². The predicted molar refractivity (Wildman–Crippen MR) is 123 cm³/mol. The number of rotatable bonds is 0. The van der Waals surface area contributed by atoms with Crippen LogP contribution < -0.4 is 14.9 Å². The van der Waals surface area contributed by atoms with Crippen LogP contribution >= 0.6 is 45.2 Å². The Balaban J connectivity index is 2.00. The lowest BCUT2D eigenvalue weighted by atomic mass is 10.1. The molecule has 0 saturated carbocycles. The number of benzene rings is 1. The van der Waals surface area contributed by atoms with Crippen molar-refractivity contribution < 1.29 is 13.5 Å². The molecule has 0 radical (unpaired) electrons. The van der Waals surface area contributed by atoms with E-state index in [1.165, 1.54) is 12.1 Å². The lowest BCUT2D eigenvalue weighted by molar-refractivity contribution is -0.672. The van der Waals surface area contributed by atoms with Crippen LogP contribution in [-0.4, -0.2) is 0 Å². The van der Waals surface area contributed by atoms with Gasteiger partial charge in [0.15, 0.2) is 24.8 Å². The van der Waals surface area contributed by atoms with Crippen LogP contribution in [-0.2, 0) is 14.1 Å². The summed E-state index contributed by atoms with van der Waals surface area (Å²) in [6, 6.07) is 6.52. The van der Waals surface area contributed by atoms with E-state index < -0.39 is 5.82 Å². The monoisotopic (exact) mass is 595 g/mol. The zero-order valence-electron chi connectivity index (χ0n) is 15.2. The predicted octanol–water partition coefficient (Wildman–Crippen LogP) is 3.07. The largest absolute Gasteiger partial charge is 0.397 e. The maximum absolute atomic E-state index is 14.1. The number of pyridine rings is 2. The zero-order valence-corrected chi connectivity index (χ0v) is 19.5. The molecular weight excluding hydrogens is 579 g/mol. The number of aromatic nitrogens is 2. The number of nitrogen functional groups attached to an aromatic ring is 1. The number of hydrogen-bond acceptors (Lipinski definition) is 1. The van der Waals surface area contributed by atoms with Crippen molar-refractivity contribution in [2.75, 3.05) is 5.73 Å². The average molecular weight is 595 g/mol. The van der Waals surface area contributed by atoms with E-state index in [0.29, 0.717) is 16.8 Å². The van der Waals surface area contributed by atoms with Gasteiger partial charge < -0.3 is 5.73 Å². The van der Waals surface area contributed by atoms with E-state index in [0.717, 1.165) is 18.3 Å². The van der Waals surface area contributed by atoms with Crippen molar-refractivity contribution in [2.24, 2.45) is 14.1 Å². The van der Waals surface area contributed by atoms with E-state index in [4.69, 9.17) is 5.73 Å². The van der Waals surface area contributed by atoms with E-state index in [1.807, 2.05) is 60.1 Å². The highest BCUT2D eigenvalue weighted by atomic mass is 127. The minimum absolute atomic E-state index is 0.384. The van der Waals surface area contributed by atoms with Gasteiger partial charge in [0.2, 0.25) is 0 Å². The molecule has 0 fully saturated rings. The van der Waals surface area contributed by atoms with Gasteiger partial charge in [0.05, 0.1) is 35.1 Å². The van der Waals surface area contributed by atoms with Gasteiger partial charge in [-0.15, -0.1) is 0 Å². The molecule has 6 heteroatoms. The Morgan fingerprint density at radius 2 is 1.18 bits per heavy atom. The Hall–Kier alpha value is -2.17. The highest BCUT2D eigenvalue weighted by Crippen LogP contribution is 2.19. The molecule has 3 nitrogen and oxygen atoms in total. The van der Waals surface area contributed by atoms with E-state index in [2.05, 4.69) is 68.9 Å². The van der Waals surface area contributed by atoms with Crippen LogP contribution in [0.25, 0.3) is 0 Å². The van der Waals surface area contributed by atoms with Crippen LogP contribution in [0.2, 0.25) is 0 Å². The number of nitrogens with zero attached hydrogens (tertiary/aromatic N) is 2. The molecule has 0 bridgehead atoms. The summed E-state index contributed by atoms with van der Waals surface area (Å²) in [4.78, 5) is 0. The molecule has 138 valence electrons. The Labute approximate surface area is 191 Å². The molecular formula is C22H16FI2N3+2. The lowest BCUT2D eigenvalue weighted by Crippen LogP contribution is -2.27. The molecule has 1 aromatic carbocycles. The lowest BCUT2D eigenvalue weighted by Gasteiger charge is -2.03. The van der Waals surface area contributed by atoms with Gasteiger partial charge in [-0.2, -0.15) is 0 Å². The molecule has 2 aromatic heterocycles. The standard InChI is InChI=1S/C22H15FI2N3/c1-27-9-7-15(20(24)13-27)3-5-17-11-19(23)12-18(22(17)26)6-4-16-8-10-28(2)14-21(16)25/h7-14,26H,1-2H3/q+1/p+1. The second-order valence-corrected chi connectivity index (χ2v) is 8.48. The van der Waals surface area contributed by atoms with Gasteiger partial charge in [-0.25, -0.2) is 13.5 Å². The smallest absolute Gasteiger partial charge is 0.183 e. The number of aryl methyl sites for hydroxylation is 2. The minimum atomic E-state index is -0.411. The van der Waals surface area contributed by atoms with Crippen LogP contribution in [0.1, 0.15) is 22.3 Å². The van der Waals surface area contributed by atoms with Crippen molar-refractivity contribution in [1.82, 2.24) is 0 Å². The van der Waals surface area contributed by atoms with Crippen molar-refractivity contribution in [1.29, 1.82) is 0 Å². The number of halogens is 3. The molecule has 0 aliphatic carbocycles. The molecule has 2 N–H and O–H groups in total. The first kappa shape index (κ1) is 20.6. The fourth-order valence-electron chi connectivity index (χ4n) is 2.42. The third kappa shape index (κ3) is 5.00. The summed E-state index contributed by atoms with van der Waals surface area (Å²) >= 11 is 4.44. The van der Waals surface area contributed by atoms with Crippen LogP contribution in [0, 0.1) is 36.6 Å². The molecule has 0 unspecified atom stereocenters. The summed E-state index contributed by atoms with van der Waals surface area (Å²) in [7, 11) is 3.89. The van der Waals surface area contributed by atoms with Crippen molar-refractivity contribution in [2.45, 2.75) is 0 Å². The van der Waals surface area contributed by atoms with Crippen LogP contribution in [0.15, 0.2) is 49.1 Å². The summed E-state index contributed by atoms with van der Waals surface area (Å²) < 4.78 is 20.0. The molecule has 0 aliphatic heterocycles. The van der Waals surface area contributed by atoms with Crippen molar-refractivity contribution >= 4 is 50.9 Å². The normalized spacial score (nSPS) is 9.89. The number of nitrogens with two attached hydrogens (primary N) is 1. The third-order valence-electron chi connectivity index (χ3n) is 3.91. The Morgan fingerprint density at radius 1 is 0.786 bits per heavy atom. The van der Waals surface area contributed by atoms with E-state index >= 15 is 0 Å². The van der Waals surface area contributed by atoms with Gasteiger partial charge >= 0.3 is 0 Å². The molecule has 0 amide bonds. The van der Waals surface area contributed by atoms with Crippen molar-refractivity contribution in [3.05, 3.63) is 84.3 Å². The Kier molecular flexibility index (Phi) is 6.53. The molecule has 3 aromatic rings. The number of anilines is 1. The molecule has 2 heterocycles. The summed E-state index contributed by atoms with van der Waals surface area (Å²) in [6.45, 7) is 0.